The Bertz CT molecular complexity index is 624. The van der Waals surface area contributed by atoms with Gasteiger partial charge in [0.2, 0.25) is 0 Å². The van der Waals surface area contributed by atoms with Crippen molar-refractivity contribution >= 4 is 16.6 Å². The van der Waals surface area contributed by atoms with Gasteiger partial charge in [-0.2, -0.15) is 0 Å². The van der Waals surface area contributed by atoms with Crippen LogP contribution >= 0.6 is 0 Å². The van der Waals surface area contributed by atoms with Gasteiger partial charge in [-0.1, -0.05) is 0 Å². The van der Waals surface area contributed by atoms with E-state index in [0.717, 1.165) is 29.4 Å². The van der Waals surface area contributed by atoms with Gasteiger partial charge in [-0.3, -0.25) is 0 Å². The van der Waals surface area contributed by atoms with Gasteiger partial charge in [0.05, 0.1) is 20.3 Å². The topological polar surface area (TPSA) is 63.6 Å². The largest absolute Gasteiger partial charge is 0.493 e. The Balaban J connectivity index is 1.99. The third kappa shape index (κ3) is 2.25. The lowest BCUT2D eigenvalue weighted by atomic mass is 9.89. The highest BCUT2D eigenvalue weighted by Gasteiger charge is 2.27. The number of nitrogens with one attached hydrogen (secondary N) is 1. The van der Waals surface area contributed by atoms with Crippen molar-refractivity contribution in [1.82, 2.24) is 4.98 Å². The van der Waals surface area contributed by atoms with E-state index in [9.17, 15) is 5.11 Å². The van der Waals surface area contributed by atoms with E-state index in [2.05, 4.69) is 10.3 Å². The fourth-order valence-electron chi connectivity index (χ4n) is 2.51. The Morgan fingerprint density at radius 3 is 2.55 bits per heavy atom. The molecule has 0 aliphatic heterocycles. The number of anilines is 1. The number of ether oxygens (including phenoxy) is 2. The SMILES string of the molecule is COc1cc2ccnc(NC3CC(O)C3)c2cc1OC. The van der Waals surface area contributed by atoms with E-state index < -0.39 is 0 Å². The minimum atomic E-state index is -0.183. The van der Waals surface area contributed by atoms with Crippen molar-refractivity contribution < 1.29 is 14.6 Å². The average molecular weight is 274 g/mol. The quantitative estimate of drug-likeness (QED) is 0.894. The second-order valence-corrected chi connectivity index (χ2v) is 5.05. The number of rotatable bonds is 4. The summed E-state index contributed by atoms with van der Waals surface area (Å²) in [5, 5.41) is 14.8. The second-order valence-electron chi connectivity index (χ2n) is 5.05. The molecule has 5 heteroatoms. The van der Waals surface area contributed by atoms with Crippen molar-refractivity contribution in [2.24, 2.45) is 0 Å². The highest BCUT2D eigenvalue weighted by atomic mass is 16.5. The first-order chi connectivity index (χ1) is 9.71. The van der Waals surface area contributed by atoms with E-state index in [0.29, 0.717) is 11.5 Å². The second kappa shape index (κ2) is 5.17. The van der Waals surface area contributed by atoms with Crippen LogP contribution < -0.4 is 14.8 Å². The molecule has 1 aromatic carbocycles. The number of aromatic nitrogens is 1. The van der Waals surface area contributed by atoms with Crippen LogP contribution in [-0.2, 0) is 0 Å². The normalized spacial score (nSPS) is 21.4. The molecule has 0 radical (unpaired) electrons. The van der Waals surface area contributed by atoms with Crippen molar-refractivity contribution in [3.05, 3.63) is 24.4 Å². The Morgan fingerprint density at radius 1 is 1.20 bits per heavy atom. The zero-order valence-electron chi connectivity index (χ0n) is 11.6. The Morgan fingerprint density at radius 2 is 1.90 bits per heavy atom. The highest BCUT2D eigenvalue weighted by molar-refractivity contribution is 5.94. The maximum Gasteiger partial charge on any atom is 0.161 e. The summed E-state index contributed by atoms with van der Waals surface area (Å²) >= 11 is 0. The fraction of sp³-hybridized carbons (Fsp3) is 0.400. The summed E-state index contributed by atoms with van der Waals surface area (Å²) < 4.78 is 10.7. The molecule has 0 bridgehead atoms. The van der Waals surface area contributed by atoms with Crippen LogP contribution in [0.1, 0.15) is 12.8 Å². The van der Waals surface area contributed by atoms with E-state index in [4.69, 9.17) is 9.47 Å². The van der Waals surface area contributed by atoms with Gasteiger partial charge >= 0.3 is 0 Å². The summed E-state index contributed by atoms with van der Waals surface area (Å²) in [6.45, 7) is 0. The third-order valence-corrected chi connectivity index (χ3v) is 3.72. The molecule has 0 saturated heterocycles. The first-order valence-electron chi connectivity index (χ1n) is 6.66. The van der Waals surface area contributed by atoms with Crippen LogP contribution in [0.15, 0.2) is 24.4 Å². The van der Waals surface area contributed by atoms with Gasteiger partial charge < -0.3 is 19.9 Å². The maximum atomic E-state index is 9.36. The van der Waals surface area contributed by atoms with Crippen LogP contribution in [0.2, 0.25) is 0 Å². The van der Waals surface area contributed by atoms with E-state index in [1.807, 2.05) is 18.2 Å². The molecule has 106 valence electrons. The van der Waals surface area contributed by atoms with Gasteiger partial charge in [0.1, 0.15) is 5.82 Å². The molecule has 0 spiro atoms. The molecule has 1 saturated carbocycles. The number of hydrogen-bond donors (Lipinski definition) is 2. The molecular weight excluding hydrogens is 256 g/mol. The van der Waals surface area contributed by atoms with E-state index in [-0.39, 0.29) is 12.1 Å². The first-order valence-corrected chi connectivity index (χ1v) is 6.66. The molecule has 2 N–H and O–H groups in total. The number of nitrogens with zero attached hydrogens (tertiary/aromatic N) is 1. The number of aliphatic hydroxyl groups is 1. The van der Waals surface area contributed by atoms with Crippen molar-refractivity contribution in [3.63, 3.8) is 0 Å². The van der Waals surface area contributed by atoms with Crippen LogP contribution in [0.25, 0.3) is 10.8 Å². The minimum absolute atomic E-state index is 0.183. The van der Waals surface area contributed by atoms with Gasteiger partial charge in [-0.15, -0.1) is 0 Å². The number of aliphatic hydroxyl groups excluding tert-OH is 1. The fourth-order valence-corrected chi connectivity index (χ4v) is 2.51. The molecule has 2 aromatic rings. The van der Waals surface area contributed by atoms with Crippen LogP contribution in [0.3, 0.4) is 0 Å². The van der Waals surface area contributed by atoms with Gasteiger partial charge in [-0.25, -0.2) is 4.98 Å². The van der Waals surface area contributed by atoms with Crippen LogP contribution in [-0.4, -0.2) is 36.5 Å². The molecule has 0 unspecified atom stereocenters. The summed E-state index contributed by atoms with van der Waals surface area (Å²) in [5.41, 5.74) is 0. The summed E-state index contributed by atoms with van der Waals surface area (Å²) in [6.07, 6.45) is 3.12. The summed E-state index contributed by atoms with van der Waals surface area (Å²) in [5.74, 6) is 2.21. The summed E-state index contributed by atoms with van der Waals surface area (Å²) in [4.78, 5) is 4.40. The lowest BCUT2D eigenvalue weighted by Crippen LogP contribution is -2.39. The molecule has 0 amide bonds. The van der Waals surface area contributed by atoms with Gasteiger partial charge in [0.15, 0.2) is 11.5 Å². The first kappa shape index (κ1) is 13.0. The number of methoxy groups -OCH3 is 2. The summed E-state index contributed by atoms with van der Waals surface area (Å²) in [6, 6.07) is 6.10. The van der Waals surface area contributed by atoms with E-state index in [1.54, 1.807) is 20.4 Å². The molecule has 3 rings (SSSR count). The van der Waals surface area contributed by atoms with Crippen molar-refractivity contribution in [1.29, 1.82) is 0 Å². The Kier molecular flexibility index (Phi) is 3.36. The predicted octanol–water partition coefficient (Wildman–Crippen LogP) is 2.19. The van der Waals surface area contributed by atoms with Crippen molar-refractivity contribution in [3.8, 4) is 11.5 Å². The van der Waals surface area contributed by atoms with Crippen LogP contribution in [0, 0.1) is 0 Å². The standard InChI is InChI=1S/C15H18N2O3/c1-19-13-5-9-3-4-16-15(12(9)8-14(13)20-2)17-10-6-11(18)7-10/h3-5,8,10-11,18H,6-7H2,1-2H3,(H,16,17). The third-order valence-electron chi connectivity index (χ3n) is 3.72. The van der Waals surface area contributed by atoms with Gasteiger partial charge in [0.25, 0.3) is 0 Å². The Labute approximate surface area is 117 Å². The van der Waals surface area contributed by atoms with Crippen LogP contribution in [0.4, 0.5) is 5.82 Å². The monoisotopic (exact) mass is 274 g/mol. The molecule has 1 heterocycles. The highest BCUT2D eigenvalue weighted by Crippen LogP contribution is 2.35. The lowest BCUT2D eigenvalue weighted by molar-refractivity contribution is 0.0836. The predicted molar refractivity (Wildman–Crippen MR) is 77.5 cm³/mol. The molecule has 20 heavy (non-hydrogen) atoms. The van der Waals surface area contributed by atoms with Crippen LogP contribution in [0.5, 0.6) is 11.5 Å². The molecule has 5 nitrogen and oxygen atoms in total. The smallest absolute Gasteiger partial charge is 0.161 e. The summed E-state index contributed by atoms with van der Waals surface area (Å²) in [7, 11) is 3.25. The minimum Gasteiger partial charge on any atom is -0.493 e. The van der Waals surface area contributed by atoms with E-state index >= 15 is 0 Å². The zero-order chi connectivity index (χ0) is 14.1. The molecule has 1 fully saturated rings. The zero-order valence-corrected chi connectivity index (χ0v) is 11.6. The van der Waals surface area contributed by atoms with Gasteiger partial charge in [0, 0.05) is 17.6 Å². The average Bonchev–Trinajstić information content (AvgIpc) is 2.44. The number of pyridine rings is 1. The molecule has 1 aliphatic carbocycles. The molecule has 1 aromatic heterocycles. The number of benzene rings is 1. The number of fused-ring (bicyclic) bond motifs is 1. The van der Waals surface area contributed by atoms with Crippen molar-refractivity contribution in [2.45, 2.75) is 25.0 Å². The van der Waals surface area contributed by atoms with Crippen molar-refractivity contribution in [2.75, 3.05) is 19.5 Å². The van der Waals surface area contributed by atoms with E-state index in [1.165, 1.54) is 0 Å². The maximum absolute atomic E-state index is 9.36. The molecular formula is C15H18N2O3. The van der Waals surface area contributed by atoms with Gasteiger partial charge in [-0.05, 0) is 36.4 Å². The molecule has 0 atom stereocenters. The lowest BCUT2D eigenvalue weighted by Gasteiger charge is -2.32. The number of hydrogen-bond acceptors (Lipinski definition) is 5. The Hall–Kier alpha value is -2.01. The molecule has 1 aliphatic rings.